The minimum absolute atomic E-state index is 0.0156. The summed E-state index contributed by atoms with van der Waals surface area (Å²) < 4.78 is 82.7. The number of anilines is 1. The molecule has 0 bridgehead atoms. The van der Waals surface area contributed by atoms with Crippen molar-refractivity contribution in [2.24, 2.45) is 0 Å². The molecule has 0 fully saturated rings. The van der Waals surface area contributed by atoms with Crippen LogP contribution in [0.15, 0.2) is 36.4 Å². The van der Waals surface area contributed by atoms with Crippen molar-refractivity contribution in [3.63, 3.8) is 0 Å². The van der Waals surface area contributed by atoms with Gasteiger partial charge in [-0.05, 0) is 36.4 Å². The van der Waals surface area contributed by atoms with Crippen molar-refractivity contribution in [1.82, 2.24) is 0 Å². The molecule has 0 saturated carbocycles. The Balaban J connectivity index is 2.01. The number of aliphatic hydroxyl groups is 1. The predicted octanol–water partition coefficient (Wildman–Crippen LogP) is 4.32. The number of ether oxygens (including phenoxy) is 1. The van der Waals surface area contributed by atoms with Gasteiger partial charge >= 0.3 is 12.4 Å². The van der Waals surface area contributed by atoms with Crippen molar-refractivity contribution in [2.45, 2.75) is 18.5 Å². The molecule has 158 valence electrons. The second kappa shape index (κ2) is 8.93. The lowest BCUT2D eigenvalue weighted by Gasteiger charge is -2.16. The number of alkyl halides is 6. The Labute approximate surface area is 166 Å². The Morgan fingerprint density at radius 3 is 1.97 bits per heavy atom. The van der Waals surface area contributed by atoms with E-state index in [4.69, 9.17) is 15.3 Å². The lowest BCUT2D eigenvalue weighted by atomic mass is 10.1. The van der Waals surface area contributed by atoms with E-state index in [0.717, 1.165) is 18.2 Å². The minimum atomic E-state index is -4.77. The molecule has 0 aromatic heterocycles. The van der Waals surface area contributed by atoms with Gasteiger partial charge < -0.3 is 15.2 Å². The van der Waals surface area contributed by atoms with Crippen LogP contribution in [0.5, 0.6) is 5.75 Å². The maximum absolute atomic E-state index is 12.9. The molecule has 5 nitrogen and oxygen atoms in total. The van der Waals surface area contributed by atoms with Crippen LogP contribution in [-0.2, 0) is 12.4 Å². The van der Waals surface area contributed by atoms with E-state index < -0.39 is 47.3 Å². The third-order valence-corrected chi connectivity index (χ3v) is 3.85. The minimum Gasteiger partial charge on any atom is -0.491 e. The summed E-state index contributed by atoms with van der Waals surface area (Å²) in [6, 6.07) is 8.44. The van der Waals surface area contributed by atoms with Crippen LogP contribution >= 0.6 is 0 Å². The van der Waals surface area contributed by atoms with Crippen molar-refractivity contribution in [3.8, 4) is 17.9 Å². The first-order valence-electron chi connectivity index (χ1n) is 8.23. The van der Waals surface area contributed by atoms with Crippen molar-refractivity contribution in [2.75, 3.05) is 18.5 Å². The van der Waals surface area contributed by atoms with Crippen LogP contribution in [-0.4, -0.2) is 24.4 Å². The first-order valence-corrected chi connectivity index (χ1v) is 8.23. The fraction of sp³-hybridized carbons (Fsp3) is 0.263. The summed E-state index contributed by atoms with van der Waals surface area (Å²) in [5.41, 5.74) is -3.49. The smallest absolute Gasteiger partial charge is 0.417 e. The highest BCUT2D eigenvalue weighted by Crippen LogP contribution is 2.35. The van der Waals surface area contributed by atoms with Crippen LogP contribution in [0.3, 0.4) is 0 Å². The fourth-order valence-corrected chi connectivity index (χ4v) is 2.42. The third kappa shape index (κ3) is 5.78. The van der Waals surface area contributed by atoms with Crippen LogP contribution in [0, 0.1) is 22.7 Å². The number of nitrogens with zero attached hydrogens (tertiary/aromatic N) is 2. The van der Waals surface area contributed by atoms with Crippen LogP contribution in [0.4, 0.5) is 32.0 Å². The van der Waals surface area contributed by atoms with E-state index in [1.54, 1.807) is 0 Å². The summed E-state index contributed by atoms with van der Waals surface area (Å²) in [5, 5.41) is 29.9. The van der Waals surface area contributed by atoms with Crippen LogP contribution in [0.25, 0.3) is 0 Å². The maximum atomic E-state index is 12.9. The first-order chi connectivity index (χ1) is 14.0. The molecule has 1 unspecified atom stereocenters. The topological polar surface area (TPSA) is 89.1 Å². The second-order valence-corrected chi connectivity index (χ2v) is 6.03. The number of aliphatic hydroxyl groups excluding tert-OH is 1. The summed E-state index contributed by atoms with van der Waals surface area (Å²) in [6.07, 6.45) is -10.8. The van der Waals surface area contributed by atoms with E-state index >= 15 is 0 Å². The maximum Gasteiger partial charge on any atom is 0.417 e. The molecule has 0 aliphatic rings. The molecule has 0 amide bonds. The van der Waals surface area contributed by atoms with E-state index in [1.807, 2.05) is 0 Å². The van der Waals surface area contributed by atoms with Gasteiger partial charge in [-0.2, -0.15) is 36.9 Å². The number of hydrogen-bond acceptors (Lipinski definition) is 5. The van der Waals surface area contributed by atoms with E-state index in [2.05, 4.69) is 5.32 Å². The van der Waals surface area contributed by atoms with Crippen LogP contribution in [0.1, 0.15) is 22.3 Å². The van der Waals surface area contributed by atoms with Gasteiger partial charge in [-0.1, -0.05) is 0 Å². The number of hydrogen-bond donors (Lipinski definition) is 2. The molecule has 0 spiro atoms. The van der Waals surface area contributed by atoms with E-state index in [1.165, 1.54) is 18.2 Å². The lowest BCUT2D eigenvalue weighted by Crippen LogP contribution is -2.26. The van der Waals surface area contributed by atoms with Gasteiger partial charge in [0.1, 0.15) is 18.5 Å². The molecule has 2 aromatic carbocycles. The van der Waals surface area contributed by atoms with Gasteiger partial charge in [0.15, 0.2) is 0 Å². The highest BCUT2D eigenvalue weighted by molar-refractivity contribution is 5.53. The average Bonchev–Trinajstić information content (AvgIpc) is 2.68. The van der Waals surface area contributed by atoms with Crippen LogP contribution < -0.4 is 10.1 Å². The summed E-state index contributed by atoms with van der Waals surface area (Å²) in [4.78, 5) is 0. The quantitative estimate of drug-likeness (QED) is 0.668. The van der Waals surface area contributed by atoms with E-state index in [-0.39, 0.29) is 18.0 Å². The monoisotopic (exact) mass is 429 g/mol. The molecule has 11 heteroatoms. The number of rotatable bonds is 6. The molecule has 2 rings (SSSR count). The number of halogens is 6. The summed E-state index contributed by atoms with van der Waals surface area (Å²) in [5.74, 6) is -0.238. The first kappa shape index (κ1) is 22.8. The molecule has 0 radical (unpaired) electrons. The zero-order chi connectivity index (χ0) is 22.5. The molecule has 2 aromatic rings. The summed E-state index contributed by atoms with van der Waals surface area (Å²) in [6.45, 7) is -0.732. The molecule has 0 saturated heterocycles. The lowest BCUT2D eigenvalue weighted by molar-refractivity contribution is -0.138. The molecule has 30 heavy (non-hydrogen) atoms. The van der Waals surface area contributed by atoms with Gasteiger partial charge in [0.25, 0.3) is 0 Å². The number of nitrogens with one attached hydrogen (secondary N) is 1. The van der Waals surface area contributed by atoms with Gasteiger partial charge in [0.05, 0.1) is 34.4 Å². The van der Waals surface area contributed by atoms with Crippen molar-refractivity contribution >= 4 is 5.69 Å². The van der Waals surface area contributed by atoms with Crippen molar-refractivity contribution in [1.29, 1.82) is 10.5 Å². The number of benzene rings is 2. The standard InChI is InChI=1S/C19H13F6N3O2/c20-18(21,22)16-5-13(3-1-11(16)7-26)28-9-14(29)10-30-15-4-2-12(8-27)17(6-15)19(23,24)25/h1-6,14,28-29H,9-10H2. The van der Waals surface area contributed by atoms with E-state index in [0.29, 0.717) is 12.1 Å². The van der Waals surface area contributed by atoms with E-state index in [9.17, 15) is 31.4 Å². The molecule has 2 N–H and O–H groups in total. The molecule has 0 aliphatic heterocycles. The highest BCUT2D eigenvalue weighted by atomic mass is 19.4. The molecule has 0 aliphatic carbocycles. The normalized spacial score (nSPS) is 12.6. The largest absolute Gasteiger partial charge is 0.491 e. The van der Waals surface area contributed by atoms with Gasteiger partial charge in [-0.25, -0.2) is 0 Å². The molecular weight excluding hydrogens is 416 g/mol. The second-order valence-electron chi connectivity index (χ2n) is 6.03. The highest BCUT2D eigenvalue weighted by Gasteiger charge is 2.35. The third-order valence-electron chi connectivity index (χ3n) is 3.85. The van der Waals surface area contributed by atoms with Gasteiger partial charge in [0.2, 0.25) is 0 Å². The zero-order valence-electron chi connectivity index (χ0n) is 15.0. The van der Waals surface area contributed by atoms with Gasteiger partial charge in [-0.3, -0.25) is 0 Å². The Morgan fingerprint density at radius 2 is 1.43 bits per heavy atom. The Kier molecular flexibility index (Phi) is 6.80. The van der Waals surface area contributed by atoms with Crippen molar-refractivity contribution < 1.29 is 36.2 Å². The van der Waals surface area contributed by atoms with Gasteiger partial charge in [-0.15, -0.1) is 0 Å². The molecule has 0 heterocycles. The Bertz CT molecular complexity index is 910. The number of nitriles is 2. The SMILES string of the molecule is N#Cc1ccc(NCC(O)COc2ccc(C#N)c(C(F)(F)F)c2)cc1C(F)(F)F. The Hall–Kier alpha value is -3.44. The average molecular weight is 429 g/mol. The predicted molar refractivity (Wildman–Crippen MR) is 92.3 cm³/mol. The zero-order valence-corrected chi connectivity index (χ0v) is 15.0. The summed E-state index contributed by atoms with van der Waals surface area (Å²) in [7, 11) is 0. The molecular formula is C19H13F6N3O2. The van der Waals surface area contributed by atoms with Gasteiger partial charge in [0, 0.05) is 12.2 Å². The molecule has 1 atom stereocenters. The Morgan fingerprint density at radius 1 is 0.900 bits per heavy atom. The van der Waals surface area contributed by atoms with Crippen molar-refractivity contribution in [3.05, 3.63) is 58.7 Å². The van der Waals surface area contributed by atoms with Crippen LogP contribution in [0.2, 0.25) is 0 Å². The summed E-state index contributed by atoms with van der Waals surface area (Å²) >= 11 is 0. The fourth-order valence-electron chi connectivity index (χ4n) is 2.42.